The van der Waals surface area contributed by atoms with Gasteiger partial charge in [-0.15, -0.1) is 0 Å². The molecule has 0 aromatic heterocycles. The van der Waals surface area contributed by atoms with Crippen molar-refractivity contribution in [1.82, 2.24) is 0 Å². The van der Waals surface area contributed by atoms with Gasteiger partial charge in [0.25, 0.3) is 0 Å². The molecule has 2 saturated heterocycles. The van der Waals surface area contributed by atoms with Crippen molar-refractivity contribution in [1.29, 1.82) is 0 Å². The maximum Gasteiger partial charge on any atom is 0.192 e. The summed E-state index contributed by atoms with van der Waals surface area (Å²) >= 11 is 0. The molecule has 2 heterocycles. The molecular weight excluding hydrogens is 140 g/mol. The minimum absolute atomic E-state index is 0.0162. The van der Waals surface area contributed by atoms with Crippen molar-refractivity contribution in [3.63, 3.8) is 0 Å². The average Bonchev–Trinajstić information content (AvgIpc) is 2.34. The van der Waals surface area contributed by atoms with Crippen LogP contribution in [0.25, 0.3) is 0 Å². The third-order valence-electron chi connectivity index (χ3n) is 2.17. The van der Waals surface area contributed by atoms with E-state index in [2.05, 4.69) is 0 Å². The lowest BCUT2D eigenvalue weighted by Crippen LogP contribution is -2.18. The van der Waals surface area contributed by atoms with Crippen LogP contribution in [-0.4, -0.2) is 25.2 Å². The second-order valence-corrected chi connectivity index (χ2v) is 5.18. The van der Waals surface area contributed by atoms with E-state index in [4.69, 9.17) is 4.74 Å². The molecule has 2 aliphatic heterocycles. The maximum atomic E-state index is 11.0. The zero-order valence-corrected chi connectivity index (χ0v) is 5.94. The summed E-state index contributed by atoms with van der Waals surface area (Å²) in [4.78, 5) is -0.771. The van der Waals surface area contributed by atoms with Gasteiger partial charge in [0.1, 0.15) is 6.10 Å². The van der Waals surface area contributed by atoms with Gasteiger partial charge < -0.3 is 4.74 Å². The van der Waals surface area contributed by atoms with Gasteiger partial charge in [-0.1, -0.05) is 0 Å². The number of hydrogen-bond donors (Lipinski definition) is 0. The fourth-order valence-electron chi connectivity index (χ4n) is 1.31. The fourth-order valence-corrected chi connectivity index (χ4v) is 3.02. The highest BCUT2D eigenvalue weighted by molar-refractivity contribution is 7.93. The first-order valence-corrected chi connectivity index (χ1v) is 4.62. The fraction of sp³-hybridized carbons (Fsp3) is 1.00. The van der Waals surface area contributed by atoms with Gasteiger partial charge in [0.15, 0.2) is 14.8 Å². The Morgan fingerprint density at radius 3 is 2.44 bits per heavy atom. The van der Waals surface area contributed by atoms with E-state index in [1.807, 2.05) is 0 Å². The zero-order chi connectivity index (χ0) is 6.70. The molecular formula is C5H8O3S. The second-order valence-electron chi connectivity index (χ2n) is 2.73. The Morgan fingerprint density at radius 1 is 1.67 bits per heavy atom. The first-order chi connectivity index (χ1) is 4.06. The molecule has 2 aliphatic rings. The summed E-state index contributed by atoms with van der Waals surface area (Å²) in [7, 11) is -2.87. The van der Waals surface area contributed by atoms with Crippen LogP contribution in [0.4, 0.5) is 0 Å². The van der Waals surface area contributed by atoms with Crippen LogP contribution in [0.15, 0.2) is 0 Å². The summed E-state index contributed by atoms with van der Waals surface area (Å²) in [5.41, 5.74) is 0. The van der Waals surface area contributed by atoms with Crippen molar-refractivity contribution >= 4 is 9.84 Å². The molecule has 3 nitrogen and oxygen atoms in total. The molecule has 0 saturated carbocycles. The van der Waals surface area contributed by atoms with Gasteiger partial charge in [-0.3, -0.25) is 0 Å². The van der Waals surface area contributed by atoms with Crippen LogP contribution in [0.2, 0.25) is 0 Å². The quantitative estimate of drug-likeness (QED) is 0.451. The number of epoxide rings is 1. The van der Waals surface area contributed by atoms with E-state index in [1.165, 1.54) is 0 Å². The highest BCUT2D eigenvalue weighted by Crippen LogP contribution is 2.49. The molecule has 0 radical (unpaired) electrons. The number of fused-ring (bicyclic) bond motifs is 1. The molecule has 0 aromatic rings. The average molecular weight is 148 g/mol. The first-order valence-electron chi connectivity index (χ1n) is 2.96. The van der Waals surface area contributed by atoms with E-state index >= 15 is 0 Å². The van der Waals surface area contributed by atoms with Crippen molar-refractivity contribution in [3.05, 3.63) is 0 Å². The SMILES string of the molecule is C[C@]12O[C@@H]1CCS2(=O)=O. The molecule has 0 N–H and O–H groups in total. The summed E-state index contributed by atoms with van der Waals surface area (Å²) in [5, 5.41) is 0. The van der Waals surface area contributed by atoms with Gasteiger partial charge in [-0.2, -0.15) is 0 Å². The van der Waals surface area contributed by atoms with E-state index in [-0.39, 0.29) is 6.10 Å². The van der Waals surface area contributed by atoms with Crippen molar-refractivity contribution < 1.29 is 13.2 Å². The van der Waals surface area contributed by atoms with Crippen molar-refractivity contribution in [2.45, 2.75) is 24.4 Å². The number of rotatable bonds is 0. The molecule has 9 heavy (non-hydrogen) atoms. The normalized spacial score (nSPS) is 52.8. The van der Waals surface area contributed by atoms with E-state index in [0.29, 0.717) is 12.2 Å². The van der Waals surface area contributed by atoms with Crippen molar-refractivity contribution in [2.24, 2.45) is 0 Å². The molecule has 52 valence electrons. The van der Waals surface area contributed by atoms with Crippen LogP contribution < -0.4 is 0 Å². The summed E-state index contributed by atoms with van der Waals surface area (Å²) in [5.74, 6) is 0.314. The molecule has 2 rings (SSSR count). The molecule has 2 fully saturated rings. The Balaban J connectivity index is 2.51. The van der Waals surface area contributed by atoms with E-state index in [9.17, 15) is 8.42 Å². The minimum atomic E-state index is -2.87. The highest BCUT2D eigenvalue weighted by atomic mass is 32.2. The number of ether oxygens (including phenoxy) is 1. The third kappa shape index (κ3) is 0.483. The maximum absolute atomic E-state index is 11.0. The Morgan fingerprint density at radius 2 is 2.33 bits per heavy atom. The van der Waals surface area contributed by atoms with Crippen LogP contribution in [0.1, 0.15) is 13.3 Å². The van der Waals surface area contributed by atoms with Gasteiger partial charge in [0, 0.05) is 0 Å². The standard InChI is InChI=1S/C5H8O3S/c1-5-4(8-5)2-3-9(5,6)7/h4H,2-3H2,1H3/t4-,5-/m1/s1. The topological polar surface area (TPSA) is 46.7 Å². The van der Waals surface area contributed by atoms with E-state index < -0.39 is 14.8 Å². The van der Waals surface area contributed by atoms with Gasteiger partial charge in [0.2, 0.25) is 0 Å². The zero-order valence-electron chi connectivity index (χ0n) is 5.12. The van der Waals surface area contributed by atoms with Crippen LogP contribution in [0, 0.1) is 0 Å². The first kappa shape index (κ1) is 5.68. The highest BCUT2D eigenvalue weighted by Gasteiger charge is 2.66. The molecule has 0 amide bonds. The van der Waals surface area contributed by atoms with Crippen LogP contribution in [0.5, 0.6) is 0 Å². The van der Waals surface area contributed by atoms with Crippen LogP contribution in [0.3, 0.4) is 0 Å². The summed E-state index contributed by atoms with van der Waals surface area (Å²) in [6, 6.07) is 0. The summed E-state index contributed by atoms with van der Waals surface area (Å²) in [6.45, 7) is 1.65. The van der Waals surface area contributed by atoms with Gasteiger partial charge in [-0.25, -0.2) is 8.42 Å². The minimum Gasteiger partial charge on any atom is -0.349 e. The summed E-state index contributed by atoms with van der Waals surface area (Å²) < 4.78 is 27.0. The molecule has 4 heteroatoms. The van der Waals surface area contributed by atoms with Gasteiger partial charge in [0.05, 0.1) is 5.75 Å². The van der Waals surface area contributed by atoms with Gasteiger partial charge >= 0.3 is 0 Å². The van der Waals surface area contributed by atoms with Crippen LogP contribution in [-0.2, 0) is 14.6 Å². The Kier molecular flexibility index (Phi) is 0.743. The van der Waals surface area contributed by atoms with E-state index in [1.54, 1.807) is 6.92 Å². The third-order valence-corrected chi connectivity index (χ3v) is 4.54. The molecule has 0 aliphatic carbocycles. The predicted molar refractivity (Wildman–Crippen MR) is 31.7 cm³/mol. The Labute approximate surface area is 53.9 Å². The molecule has 0 aromatic carbocycles. The molecule has 0 bridgehead atoms. The largest absolute Gasteiger partial charge is 0.349 e. The Hall–Kier alpha value is -0.0900. The monoisotopic (exact) mass is 148 g/mol. The van der Waals surface area contributed by atoms with Crippen LogP contribution >= 0.6 is 0 Å². The van der Waals surface area contributed by atoms with Crippen molar-refractivity contribution in [3.8, 4) is 0 Å². The number of sulfone groups is 1. The van der Waals surface area contributed by atoms with Crippen molar-refractivity contribution in [2.75, 3.05) is 5.75 Å². The lowest BCUT2D eigenvalue weighted by molar-refractivity contribution is 0.341. The number of hydrogen-bond acceptors (Lipinski definition) is 3. The molecule has 2 atom stereocenters. The summed E-state index contributed by atoms with van der Waals surface area (Å²) in [6.07, 6.45) is 0.709. The smallest absolute Gasteiger partial charge is 0.192 e. The lowest BCUT2D eigenvalue weighted by Gasteiger charge is -1.98. The van der Waals surface area contributed by atoms with Gasteiger partial charge in [-0.05, 0) is 13.3 Å². The van der Waals surface area contributed by atoms with E-state index in [0.717, 1.165) is 0 Å². The second kappa shape index (κ2) is 1.18. The predicted octanol–water partition coefficient (Wildman–Crippen LogP) is -0.0801. The lowest BCUT2D eigenvalue weighted by atomic mass is 10.3. The molecule has 0 unspecified atom stereocenters. The molecule has 0 spiro atoms. The Bertz CT molecular complexity index is 241.